The van der Waals surface area contributed by atoms with E-state index in [1.165, 1.54) is 11.5 Å². The molecule has 1 rings (SSSR count). The van der Waals surface area contributed by atoms with Gasteiger partial charge in [-0.1, -0.05) is 11.8 Å². The molecule has 0 spiro atoms. The fourth-order valence-corrected chi connectivity index (χ4v) is 2.37. The zero-order chi connectivity index (χ0) is 9.68. The topological polar surface area (TPSA) is 61.6 Å². The fraction of sp³-hybridized carbons (Fsp3) is 0.571. The highest BCUT2D eigenvalue weighted by molar-refractivity contribution is 8.00. The molecule has 0 amide bonds. The van der Waals surface area contributed by atoms with Gasteiger partial charge in [0.15, 0.2) is 4.34 Å². The van der Waals surface area contributed by atoms with Crippen LogP contribution in [0.1, 0.15) is 5.82 Å². The molecule has 0 radical (unpaired) electrons. The number of nitriles is 1. The Morgan fingerprint density at radius 1 is 1.77 bits per heavy atom. The zero-order valence-corrected chi connectivity index (χ0v) is 9.08. The summed E-state index contributed by atoms with van der Waals surface area (Å²) in [7, 11) is 1.78. The van der Waals surface area contributed by atoms with E-state index >= 15 is 0 Å². The van der Waals surface area contributed by atoms with Gasteiger partial charge in [0.1, 0.15) is 11.9 Å². The van der Waals surface area contributed by atoms with Gasteiger partial charge in [0, 0.05) is 5.75 Å². The predicted molar refractivity (Wildman–Crippen MR) is 53.8 cm³/mol. The van der Waals surface area contributed by atoms with Crippen molar-refractivity contribution in [1.82, 2.24) is 14.7 Å². The van der Waals surface area contributed by atoms with Gasteiger partial charge in [0.2, 0.25) is 0 Å². The second-order valence-electron chi connectivity index (χ2n) is 2.39. The van der Waals surface area contributed by atoms with Crippen LogP contribution in [0.5, 0.6) is 0 Å². The van der Waals surface area contributed by atoms with Crippen molar-refractivity contribution in [3.63, 3.8) is 0 Å². The van der Waals surface area contributed by atoms with Crippen LogP contribution in [0.15, 0.2) is 4.34 Å². The molecule has 6 heteroatoms. The number of nitrogens with zero attached hydrogens (tertiary/aromatic N) is 3. The van der Waals surface area contributed by atoms with Crippen molar-refractivity contribution in [2.24, 2.45) is 0 Å². The highest BCUT2D eigenvalue weighted by atomic mass is 32.2. The largest absolute Gasteiger partial charge is 0.304 e. The maximum Gasteiger partial charge on any atom is 0.170 e. The smallest absolute Gasteiger partial charge is 0.170 e. The molecule has 0 aromatic carbocycles. The SMILES string of the molecule is CNC(C#N)CSc1nc(C)ns1. The van der Waals surface area contributed by atoms with E-state index in [0.717, 1.165) is 10.2 Å². The molecule has 4 nitrogen and oxygen atoms in total. The van der Waals surface area contributed by atoms with Crippen molar-refractivity contribution in [2.45, 2.75) is 17.3 Å². The number of rotatable bonds is 4. The number of hydrogen-bond acceptors (Lipinski definition) is 6. The first-order chi connectivity index (χ1) is 6.26. The molecule has 70 valence electrons. The standard InChI is InChI=1S/C7H10N4S2/c1-5-10-7(13-11-5)12-4-6(3-8)9-2/h6,9H,4H2,1-2H3. The molecule has 0 aliphatic carbocycles. The quantitative estimate of drug-likeness (QED) is 0.759. The summed E-state index contributed by atoms with van der Waals surface area (Å²) in [4.78, 5) is 4.18. The molecule has 1 aromatic rings. The van der Waals surface area contributed by atoms with E-state index in [1.54, 1.807) is 18.8 Å². The molecule has 1 N–H and O–H groups in total. The fourth-order valence-electron chi connectivity index (χ4n) is 0.676. The number of aromatic nitrogens is 2. The van der Waals surface area contributed by atoms with Crippen LogP contribution in [0.3, 0.4) is 0 Å². The highest BCUT2D eigenvalue weighted by Gasteiger charge is 2.07. The van der Waals surface area contributed by atoms with Gasteiger partial charge < -0.3 is 5.32 Å². The minimum absolute atomic E-state index is 0.116. The number of thioether (sulfide) groups is 1. The van der Waals surface area contributed by atoms with E-state index < -0.39 is 0 Å². The summed E-state index contributed by atoms with van der Waals surface area (Å²) >= 11 is 2.94. The number of hydrogen-bond donors (Lipinski definition) is 1. The van der Waals surface area contributed by atoms with Crippen LogP contribution in [0, 0.1) is 18.3 Å². The van der Waals surface area contributed by atoms with Gasteiger partial charge in [-0.25, -0.2) is 4.98 Å². The van der Waals surface area contributed by atoms with Gasteiger partial charge in [-0.05, 0) is 25.5 Å². The summed E-state index contributed by atoms with van der Waals surface area (Å²) in [5.74, 6) is 1.51. The molecule has 0 saturated carbocycles. The Bertz CT molecular complexity index is 304. The van der Waals surface area contributed by atoms with Crippen LogP contribution in [0.2, 0.25) is 0 Å². The number of aryl methyl sites for hydroxylation is 1. The molecule has 1 atom stereocenters. The van der Waals surface area contributed by atoms with E-state index in [4.69, 9.17) is 5.26 Å². The first-order valence-corrected chi connectivity index (χ1v) is 5.52. The maximum atomic E-state index is 8.65. The lowest BCUT2D eigenvalue weighted by molar-refractivity contribution is 0.750. The monoisotopic (exact) mass is 214 g/mol. The van der Waals surface area contributed by atoms with Gasteiger partial charge in [-0.3, -0.25) is 0 Å². The van der Waals surface area contributed by atoms with E-state index in [0.29, 0.717) is 5.75 Å². The summed E-state index contributed by atoms with van der Waals surface area (Å²) in [5, 5.41) is 11.6. The maximum absolute atomic E-state index is 8.65. The van der Waals surface area contributed by atoms with Gasteiger partial charge in [0.05, 0.1) is 6.07 Å². The third-order valence-electron chi connectivity index (χ3n) is 1.39. The molecule has 0 fully saturated rings. The Hall–Kier alpha value is -0.640. The lowest BCUT2D eigenvalue weighted by Gasteiger charge is -2.03. The molecule has 0 bridgehead atoms. The van der Waals surface area contributed by atoms with Crippen LogP contribution < -0.4 is 5.32 Å². The van der Waals surface area contributed by atoms with Gasteiger partial charge in [-0.15, -0.1) is 0 Å². The second-order valence-corrected chi connectivity index (χ2v) is 4.41. The van der Waals surface area contributed by atoms with E-state index in [2.05, 4.69) is 20.7 Å². The molecule has 0 aliphatic rings. The molecule has 0 aliphatic heterocycles. The van der Waals surface area contributed by atoms with Crippen molar-refractivity contribution in [2.75, 3.05) is 12.8 Å². The van der Waals surface area contributed by atoms with E-state index in [1.807, 2.05) is 6.92 Å². The zero-order valence-electron chi connectivity index (χ0n) is 7.44. The summed E-state index contributed by atoms with van der Waals surface area (Å²) < 4.78 is 4.98. The van der Waals surface area contributed by atoms with Crippen molar-refractivity contribution < 1.29 is 0 Å². The first-order valence-electron chi connectivity index (χ1n) is 3.76. The Balaban J connectivity index is 2.39. The molecular formula is C7H10N4S2. The van der Waals surface area contributed by atoms with Gasteiger partial charge in [0.25, 0.3) is 0 Å². The average Bonchev–Trinajstić information content (AvgIpc) is 2.53. The molecule has 13 heavy (non-hydrogen) atoms. The Morgan fingerprint density at radius 3 is 3.00 bits per heavy atom. The minimum atomic E-state index is -0.116. The lowest BCUT2D eigenvalue weighted by Crippen LogP contribution is -2.25. The van der Waals surface area contributed by atoms with Gasteiger partial charge in [-0.2, -0.15) is 9.64 Å². The molecular weight excluding hydrogens is 204 g/mol. The van der Waals surface area contributed by atoms with Crippen LogP contribution in [-0.4, -0.2) is 28.2 Å². The Labute approximate surface area is 85.5 Å². The van der Waals surface area contributed by atoms with E-state index in [-0.39, 0.29) is 6.04 Å². The van der Waals surface area contributed by atoms with Gasteiger partial charge >= 0.3 is 0 Å². The third kappa shape index (κ3) is 3.30. The average molecular weight is 214 g/mol. The van der Waals surface area contributed by atoms with Crippen molar-refractivity contribution in [3.8, 4) is 6.07 Å². The van der Waals surface area contributed by atoms with Crippen molar-refractivity contribution in [3.05, 3.63) is 5.82 Å². The Morgan fingerprint density at radius 2 is 2.54 bits per heavy atom. The summed E-state index contributed by atoms with van der Waals surface area (Å²) in [6.45, 7) is 1.86. The summed E-state index contributed by atoms with van der Waals surface area (Å²) in [5.41, 5.74) is 0. The minimum Gasteiger partial charge on any atom is -0.304 e. The molecule has 1 heterocycles. The third-order valence-corrected chi connectivity index (χ3v) is 3.41. The predicted octanol–water partition coefficient (Wildman–Crippen LogP) is 1.05. The lowest BCUT2D eigenvalue weighted by atomic mass is 10.4. The molecule has 0 saturated heterocycles. The second kappa shape index (κ2) is 5.17. The molecule has 1 aromatic heterocycles. The highest BCUT2D eigenvalue weighted by Crippen LogP contribution is 2.20. The van der Waals surface area contributed by atoms with Crippen LogP contribution in [-0.2, 0) is 0 Å². The van der Waals surface area contributed by atoms with Crippen LogP contribution in [0.25, 0.3) is 0 Å². The van der Waals surface area contributed by atoms with Crippen LogP contribution >= 0.6 is 23.3 Å². The normalized spacial score (nSPS) is 12.4. The first kappa shape index (κ1) is 10.4. The van der Waals surface area contributed by atoms with Crippen LogP contribution in [0.4, 0.5) is 0 Å². The summed E-state index contributed by atoms with van der Waals surface area (Å²) in [6, 6.07) is 2.04. The van der Waals surface area contributed by atoms with Crippen molar-refractivity contribution >= 4 is 23.3 Å². The summed E-state index contributed by atoms with van der Waals surface area (Å²) in [6.07, 6.45) is 0. The Kier molecular flexibility index (Phi) is 4.15. The van der Waals surface area contributed by atoms with Crippen molar-refractivity contribution in [1.29, 1.82) is 5.26 Å². The van der Waals surface area contributed by atoms with E-state index in [9.17, 15) is 0 Å². The molecule has 1 unspecified atom stereocenters. The number of nitrogens with one attached hydrogen (secondary N) is 1.